The molecule has 0 amide bonds. The summed E-state index contributed by atoms with van der Waals surface area (Å²) in [4.78, 5) is 1.55. The molecule has 0 aliphatic carbocycles. The third-order valence-electron chi connectivity index (χ3n) is 1.95. The van der Waals surface area contributed by atoms with Crippen molar-refractivity contribution in [2.24, 2.45) is 5.73 Å². The normalized spacial score (nSPS) is 11.0. The number of nitrogens with zero attached hydrogens (tertiary/aromatic N) is 3. The SMILES string of the molecule is NCCCn1nc2ccc(F)cc2n1. The molecule has 0 aliphatic rings. The highest BCUT2D eigenvalue weighted by atomic mass is 19.1. The monoisotopic (exact) mass is 194 g/mol. The van der Waals surface area contributed by atoms with Crippen molar-refractivity contribution in [3.8, 4) is 0 Å². The minimum Gasteiger partial charge on any atom is -0.330 e. The third-order valence-corrected chi connectivity index (χ3v) is 1.95. The molecule has 0 unspecified atom stereocenters. The second-order valence-electron chi connectivity index (χ2n) is 3.07. The molecule has 0 atom stereocenters. The largest absolute Gasteiger partial charge is 0.330 e. The summed E-state index contributed by atoms with van der Waals surface area (Å²) in [6.45, 7) is 1.28. The zero-order chi connectivity index (χ0) is 9.97. The summed E-state index contributed by atoms with van der Waals surface area (Å²) in [5.41, 5.74) is 6.66. The minimum absolute atomic E-state index is 0.289. The van der Waals surface area contributed by atoms with E-state index in [0.29, 0.717) is 24.1 Å². The van der Waals surface area contributed by atoms with Gasteiger partial charge in [0, 0.05) is 6.07 Å². The van der Waals surface area contributed by atoms with Crippen LogP contribution in [0, 0.1) is 5.82 Å². The predicted molar refractivity (Wildman–Crippen MR) is 51.2 cm³/mol. The fourth-order valence-electron chi connectivity index (χ4n) is 1.27. The van der Waals surface area contributed by atoms with E-state index in [1.807, 2.05) is 0 Å². The molecule has 2 N–H and O–H groups in total. The van der Waals surface area contributed by atoms with Gasteiger partial charge in [-0.3, -0.25) is 0 Å². The van der Waals surface area contributed by atoms with Gasteiger partial charge in [0.2, 0.25) is 0 Å². The lowest BCUT2D eigenvalue weighted by molar-refractivity contribution is 0.523. The van der Waals surface area contributed by atoms with Gasteiger partial charge in [0.05, 0.1) is 6.54 Å². The van der Waals surface area contributed by atoms with Crippen LogP contribution in [0.3, 0.4) is 0 Å². The molecule has 0 spiro atoms. The number of hydrogen-bond acceptors (Lipinski definition) is 3. The maximum Gasteiger partial charge on any atom is 0.125 e. The van der Waals surface area contributed by atoms with E-state index in [2.05, 4.69) is 10.2 Å². The fraction of sp³-hybridized carbons (Fsp3) is 0.333. The van der Waals surface area contributed by atoms with Crippen molar-refractivity contribution in [1.82, 2.24) is 15.0 Å². The molecular formula is C9H11FN4. The van der Waals surface area contributed by atoms with Gasteiger partial charge in [-0.1, -0.05) is 0 Å². The van der Waals surface area contributed by atoms with E-state index in [1.54, 1.807) is 10.9 Å². The molecule has 0 fully saturated rings. The van der Waals surface area contributed by atoms with E-state index in [4.69, 9.17) is 5.73 Å². The fourth-order valence-corrected chi connectivity index (χ4v) is 1.27. The van der Waals surface area contributed by atoms with Crippen LogP contribution in [0.1, 0.15) is 6.42 Å². The van der Waals surface area contributed by atoms with Crippen LogP contribution in [-0.2, 0) is 6.54 Å². The summed E-state index contributed by atoms with van der Waals surface area (Å²) in [5, 5.41) is 8.30. The van der Waals surface area contributed by atoms with Crippen molar-refractivity contribution in [3.05, 3.63) is 24.0 Å². The van der Waals surface area contributed by atoms with Gasteiger partial charge >= 0.3 is 0 Å². The van der Waals surface area contributed by atoms with E-state index < -0.39 is 0 Å². The summed E-state index contributed by atoms with van der Waals surface area (Å²) >= 11 is 0. The molecule has 0 saturated heterocycles. The van der Waals surface area contributed by atoms with Crippen LogP contribution >= 0.6 is 0 Å². The number of aromatic nitrogens is 3. The highest BCUT2D eigenvalue weighted by molar-refractivity contribution is 5.73. The van der Waals surface area contributed by atoms with Crippen molar-refractivity contribution in [1.29, 1.82) is 0 Å². The van der Waals surface area contributed by atoms with Crippen LogP contribution in [0.5, 0.6) is 0 Å². The Labute approximate surface area is 80.5 Å². The Kier molecular flexibility index (Phi) is 2.41. The van der Waals surface area contributed by atoms with Crippen molar-refractivity contribution >= 4 is 11.0 Å². The number of benzene rings is 1. The van der Waals surface area contributed by atoms with E-state index >= 15 is 0 Å². The summed E-state index contributed by atoms with van der Waals surface area (Å²) in [5.74, 6) is -0.289. The van der Waals surface area contributed by atoms with Gasteiger partial charge in [-0.05, 0) is 25.1 Å². The van der Waals surface area contributed by atoms with Gasteiger partial charge in [-0.2, -0.15) is 15.0 Å². The Balaban J connectivity index is 2.32. The first-order chi connectivity index (χ1) is 6.79. The van der Waals surface area contributed by atoms with Crippen LogP contribution in [0.4, 0.5) is 4.39 Å². The third kappa shape index (κ3) is 1.72. The number of fused-ring (bicyclic) bond motifs is 1. The van der Waals surface area contributed by atoms with Gasteiger partial charge in [0.1, 0.15) is 16.9 Å². The Morgan fingerprint density at radius 2 is 2.07 bits per heavy atom. The van der Waals surface area contributed by atoms with Crippen molar-refractivity contribution in [2.45, 2.75) is 13.0 Å². The molecule has 1 aromatic heterocycles. The lowest BCUT2D eigenvalue weighted by Gasteiger charge is -1.94. The van der Waals surface area contributed by atoms with E-state index in [0.717, 1.165) is 6.42 Å². The molecule has 0 aliphatic heterocycles. The molecule has 0 radical (unpaired) electrons. The lowest BCUT2D eigenvalue weighted by atomic mass is 10.3. The molecule has 1 aromatic carbocycles. The number of hydrogen-bond donors (Lipinski definition) is 1. The Hall–Kier alpha value is -1.49. The van der Waals surface area contributed by atoms with E-state index in [9.17, 15) is 4.39 Å². The number of halogens is 1. The van der Waals surface area contributed by atoms with Gasteiger partial charge in [0.25, 0.3) is 0 Å². The maximum absolute atomic E-state index is 12.8. The molecular weight excluding hydrogens is 183 g/mol. The highest BCUT2D eigenvalue weighted by Gasteiger charge is 2.02. The number of rotatable bonds is 3. The second kappa shape index (κ2) is 3.71. The highest BCUT2D eigenvalue weighted by Crippen LogP contribution is 2.10. The molecule has 14 heavy (non-hydrogen) atoms. The minimum atomic E-state index is -0.289. The first kappa shape index (κ1) is 9.08. The smallest absolute Gasteiger partial charge is 0.125 e. The maximum atomic E-state index is 12.8. The molecule has 4 nitrogen and oxygen atoms in total. The second-order valence-corrected chi connectivity index (χ2v) is 3.07. The van der Waals surface area contributed by atoms with Gasteiger partial charge in [-0.25, -0.2) is 4.39 Å². The Morgan fingerprint density at radius 1 is 1.29 bits per heavy atom. The summed E-state index contributed by atoms with van der Waals surface area (Å²) in [7, 11) is 0. The number of aryl methyl sites for hydroxylation is 1. The lowest BCUT2D eigenvalue weighted by Crippen LogP contribution is -2.07. The predicted octanol–water partition coefficient (Wildman–Crippen LogP) is 0.919. The van der Waals surface area contributed by atoms with Crippen LogP contribution < -0.4 is 5.73 Å². The Bertz CT molecular complexity index is 437. The summed E-state index contributed by atoms with van der Waals surface area (Å²) in [6, 6.07) is 4.38. The first-order valence-electron chi connectivity index (χ1n) is 4.50. The van der Waals surface area contributed by atoms with E-state index in [1.165, 1.54) is 12.1 Å². The summed E-state index contributed by atoms with van der Waals surface area (Å²) < 4.78 is 12.8. The molecule has 2 rings (SSSR count). The van der Waals surface area contributed by atoms with Crippen LogP contribution in [0.25, 0.3) is 11.0 Å². The van der Waals surface area contributed by atoms with Gasteiger partial charge in [0.15, 0.2) is 0 Å². The van der Waals surface area contributed by atoms with Crippen LogP contribution in [-0.4, -0.2) is 21.5 Å². The average molecular weight is 194 g/mol. The topological polar surface area (TPSA) is 56.7 Å². The molecule has 0 bridgehead atoms. The standard InChI is InChI=1S/C9H11FN4/c10-7-2-3-8-9(6-7)13-14(12-8)5-1-4-11/h2-3,6H,1,4-5,11H2. The molecule has 5 heteroatoms. The van der Waals surface area contributed by atoms with Crippen molar-refractivity contribution in [3.63, 3.8) is 0 Å². The molecule has 0 saturated carbocycles. The van der Waals surface area contributed by atoms with Crippen molar-refractivity contribution in [2.75, 3.05) is 6.54 Å². The quantitative estimate of drug-likeness (QED) is 0.790. The first-order valence-corrected chi connectivity index (χ1v) is 4.50. The van der Waals surface area contributed by atoms with Gasteiger partial charge < -0.3 is 5.73 Å². The van der Waals surface area contributed by atoms with Crippen molar-refractivity contribution < 1.29 is 4.39 Å². The molecule has 2 aromatic rings. The zero-order valence-corrected chi connectivity index (χ0v) is 7.65. The molecule has 74 valence electrons. The zero-order valence-electron chi connectivity index (χ0n) is 7.65. The van der Waals surface area contributed by atoms with Gasteiger partial charge in [-0.15, -0.1) is 0 Å². The van der Waals surface area contributed by atoms with Crippen LogP contribution in [0.2, 0.25) is 0 Å². The van der Waals surface area contributed by atoms with E-state index in [-0.39, 0.29) is 5.82 Å². The number of nitrogens with two attached hydrogens (primary N) is 1. The molecule has 1 heterocycles. The summed E-state index contributed by atoms with van der Waals surface area (Å²) in [6.07, 6.45) is 0.823. The van der Waals surface area contributed by atoms with Crippen LogP contribution in [0.15, 0.2) is 18.2 Å². The average Bonchev–Trinajstić information content (AvgIpc) is 2.56. The Morgan fingerprint density at radius 3 is 2.86 bits per heavy atom.